The first-order valence-electron chi connectivity index (χ1n) is 11.0. The number of benzene rings is 1. The van der Waals surface area contributed by atoms with E-state index in [2.05, 4.69) is 68.4 Å². The molecule has 31 heavy (non-hydrogen) atoms. The van der Waals surface area contributed by atoms with E-state index in [0.717, 1.165) is 77.1 Å². The van der Waals surface area contributed by atoms with Gasteiger partial charge in [-0.15, -0.1) is 34.2 Å². The molecule has 2 N–H and O–H groups in total. The van der Waals surface area contributed by atoms with Gasteiger partial charge in [0.05, 0.1) is 19.8 Å². The summed E-state index contributed by atoms with van der Waals surface area (Å²) >= 11 is 0. The lowest BCUT2D eigenvalue weighted by atomic mass is 10.1. The lowest BCUT2D eigenvalue weighted by Crippen LogP contribution is -2.45. The van der Waals surface area contributed by atoms with Crippen LogP contribution < -0.4 is 10.6 Å². The van der Waals surface area contributed by atoms with E-state index in [4.69, 9.17) is 9.73 Å². The molecule has 0 saturated carbocycles. The van der Waals surface area contributed by atoms with Crippen molar-refractivity contribution in [3.63, 3.8) is 0 Å². The number of hydrogen-bond acceptors (Lipinski definition) is 5. The highest BCUT2D eigenvalue weighted by Gasteiger charge is 2.16. The van der Waals surface area contributed by atoms with Crippen molar-refractivity contribution < 1.29 is 4.74 Å². The summed E-state index contributed by atoms with van der Waals surface area (Å²) in [6, 6.07) is 10.9. The van der Waals surface area contributed by atoms with Crippen LogP contribution in [0.4, 0.5) is 0 Å². The maximum atomic E-state index is 5.46. The average Bonchev–Trinajstić information content (AvgIpc) is 3.25. The predicted octanol–water partition coefficient (Wildman–Crippen LogP) is 1.96. The fraction of sp³-hybridized carbons (Fsp3) is 0.591. The van der Waals surface area contributed by atoms with E-state index in [0.29, 0.717) is 6.04 Å². The van der Waals surface area contributed by atoms with Gasteiger partial charge in [-0.05, 0) is 18.9 Å². The first kappa shape index (κ1) is 25.5. The standard InChI is InChI=1S/C22H35N7O.HI/c1-3-21-27-26-18-29(21)12-11-24-22(23-10-9-20-7-5-4-6-8-20)25-17-19(2)28-13-15-30-16-14-28;/h4-8,18-19H,3,9-17H2,1-2H3,(H2,23,24,25);1H. The number of nitrogens with one attached hydrogen (secondary N) is 2. The molecule has 1 aromatic carbocycles. The second kappa shape index (κ2) is 14.4. The number of aliphatic imine (C=N–C) groups is 1. The van der Waals surface area contributed by atoms with E-state index < -0.39 is 0 Å². The van der Waals surface area contributed by atoms with E-state index in [1.165, 1.54) is 5.56 Å². The molecule has 0 spiro atoms. The Hall–Kier alpha value is -1.72. The minimum atomic E-state index is 0. The van der Waals surface area contributed by atoms with Crippen LogP contribution >= 0.6 is 24.0 Å². The molecule has 0 amide bonds. The largest absolute Gasteiger partial charge is 0.379 e. The molecule has 1 aliphatic heterocycles. The Morgan fingerprint density at radius 1 is 1.16 bits per heavy atom. The van der Waals surface area contributed by atoms with Gasteiger partial charge in [0.15, 0.2) is 5.96 Å². The molecule has 1 fully saturated rings. The molecule has 172 valence electrons. The van der Waals surface area contributed by atoms with Crippen LogP contribution in [0.5, 0.6) is 0 Å². The van der Waals surface area contributed by atoms with Gasteiger partial charge in [0.2, 0.25) is 0 Å². The van der Waals surface area contributed by atoms with Crippen molar-refractivity contribution in [2.45, 2.75) is 39.3 Å². The van der Waals surface area contributed by atoms with Crippen molar-refractivity contribution in [3.8, 4) is 0 Å². The summed E-state index contributed by atoms with van der Waals surface area (Å²) in [7, 11) is 0. The molecule has 1 unspecified atom stereocenters. The number of halogens is 1. The number of aryl methyl sites for hydroxylation is 1. The minimum Gasteiger partial charge on any atom is -0.379 e. The fourth-order valence-electron chi connectivity index (χ4n) is 3.54. The van der Waals surface area contributed by atoms with Crippen LogP contribution in [0.3, 0.4) is 0 Å². The van der Waals surface area contributed by atoms with E-state index in [9.17, 15) is 0 Å². The van der Waals surface area contributed by atoms with Gasteiger partial charge < -0.3 is 19.9 Å². The molecule has 1 saturated heterocycles. The first-order chi connectivity index (χ1) is 14.8. The number of morpholine rings is 1. The quantitative estimate of drug-likeness (QED) is 0.272. The first-order valence-corrected chi connectivity index (χ1v) is 11.0. The van der Waals surface area contributed by atoms with Crippen LogP contribution in [0, 0.1) is 0 Å². The molecular formula is C22H36IN7O. The molecule has 0 radical (unpaired) electrons. The maximum Gasteiger partial charge on any atom is 0.191 e. The lowest BCUT2D eigenvalue weighted by molar-refractivity contribution is 0.0220. The summed E-state index contributed by atoms with van der Waals surface area (Å²) in [5.74, 6) is 1.87. The number of guanidine groups is 1. The van der Waals surface area contributed by atoms with Crippen LogP contribution in [0.2, 0.25) is 0 Å². The van der Waals surface area contributed by atoms with Crippen molar-refractivity contribution in [2.24, 2.45) is 4.99 Å². The highest BCUT2D eigenvalue weighted by molar-refractivity contribution is 14.0. The third kappa shape index (κ3) is 8.74. The Kier molecular flexibility index (Phi) is 11.8. The monoisotopic (exact) mass is 541 g/mol. The van der Waals surface area contributed by atoms with Crippen LogP contribution in [-0.4, -0.2) is 77.6 Å². The molecule has 9 heteroatoms. The number of ether oxygens (including phenoxy) is 1. The van der Waals surface area contributed by atoms with E-state index in [1.54, 1.807) is 6.33 Å². The van der Waals surface area contributed by atoms with Crippen molar-refractivity contribution in [1.82, 2.24) is 30.3 Å². The highest BCUT2D eigenvalue weighted by atomic mass is 127. The van der Waals surface area contributed by atoms with Crippen molar-refractivity contribution in [2.75, 3.05) is 45.9 Å². The van der Waals surface area contributed by atoms with Gasteiger partial charge in [0.25, 0.3) is 0 Å². The Morgan fingerprint density at radius 2 is 1.90 bits per heavy atom. The highest BCUT2D eigenvalue weighted by Crippen LogP contribution is 2.04. The summed E-state index contributed by atoms with van der Waals surface area (Å²) < 4.78 is 7.55. The molecule has 1 aliphatic rings. The summed E-state index contributed by atoms with van der Waals surface area (Å²) in [5.41, 5.74) is 1.32. The van der Waals surface area contributed by atoms with Crippen LogP contribution in [0.25, 0.3) is 0 Å². The summed E-state index contributed by atoms with van der Waals surface area (Å²) in [6.45, 7) is 11.1. The molecule has 0 aliphatic carbocycles. The van der Waals surface area contributed by atoms with Crippen LogP contribution in [-0.2, 0) is 24.1 Å². The molecule has 2 heterocycles. The second-order valence-electron chi connectivity index (χ2n) is 7.57. The van der Waals surface area contributed by atoms with Gasteiger partial charge >= 0.3 is 0 Å². The Bertz CT molecular complexity index is 762. The zero-order valence-corrected chi connectivity index (χ0v) is 21.0. The number of aromatic nitrogens is 3. The van der Waals surface area contributed by atoms with E-state index in [1.807, 2.05) is 6.07 Å². The normalized spacial score (nSPS) is 15.9. The third-order valence-corrected chi connectivity index (χ3v) is 5.39. The maximum absolute atomic E-state index is 5.46. The molecule has 0 bridgehead atoms. The Labute approximate surface area is 202 Å². The van der Waals surface area contributed by atoms with Gasteiger partial charge in [-0.25, -0.2) is 0 Å². The molecule has 3 rings (SSSR count). The molecule has 1 atom stereocenters. The summed E-state index contributed by atoms with van der Waals surface area (Å²) in [5, 5.41) is 15.1. The molecule has 1 aromatic heterocycles. The molecular weight excluding hydrogens is 505 g/mol. The lowest BCUT2D eigenvalue weighted by Gasteiger charge is -2.31. The van der Waals surface area contributed by atoms with Crippen molar-refractivity contribution in [1.29, 1.82) is 0 Å². The number of rotatable bonds is 10. The van der Waals surface area contributed by atoms with Gasteiger partial charge in [-0.2, -0.15) is 0 Å². The average molecular weight is 541 g/mol. The molecule has 8 nitrogen and oxygen atoms in total. The third-order valence-electron chi connectivity index (χ3n) is 5.39. The zero-order chi connectivity index (χ0) is 21.0. The minimum absolute atomic E-state index is 0. The van der Waals surface area contributed by atoms with Crippen molar-refractivity contribution in [3.05, 3.63) is 48.0 Å². The van der Waals surface area contributed by atoms with Gasteiger partial charge in [-0.3, -0.25) is 9.89 Å². The molecule has 2 aromatic rings. The topological polar surface area (TPSA) is 79.6 Å². The SMILES string of the molecule is CCc1nncn1CCNC(=NCC(C)N1CCOCC1)NCCc1ccccc1.I. The zero-order valence-electron chi connectivity index (χ0n) is 18.7. The van der Waals surface area contributed by atoms with Gasteiger partial charge in [0.1, 0.15) is 12.2 Å². The fourth-order valence-corrected chi connectivity index (χ4v) is 3.54. The van der Waals surface area contributed by atoms with Crippen LogP contribution in [0.1, 0.15) is 25.2 Å². The summed E-state index contributed by atoms with van der Waals surface area (Å²) in [6.07, 6.45) is 3.64. The summed E-state index contributed by atoms with van der Waals surface area (Å²) in [4.78, 5) is 7.31. The predicted molar refractivity (Wildman–Crippen MR) is 135 cm³/mol. The van der Waals surface area contributed by atoms with Crippen LogP contribution in [0.15, 0.2) is 41.7 Å². The second-order valence-corrected chi connectivity index (χ2v) is 7.57. The Balaban J connectivity index is 0.00000341. The van der Waals surface area contributed by atoms with E-state index >= 15 is 0 Å². The smallest absolute Gasteiger partial charge is 0.191 e. The van der Waals surface area contributed by atoms with Gasteiger partial charge in [-0.1, -0.05) is 37.3 Å². The van der Waals surface area contributed by atoms with Crippen molar-refractivity contribution >= 4 is 29.9 Å². The van der Waals surface area contributed by atoms with Gasteiger partial charge in [0, 0.05) is 45.2 Å². The number of hydrogen-bond donors (Lipinski definition) is 2. The van der Waals surface area contributed by atoms with E-state index in [-0.39, 0.29) is 24.0 Å². The number of nitrogens with zero attached hydrogens (tertiary/aromatic N) is 5. The Morgan fingerprint density at radius 3 is 2.65 bits per heavy atom.